The zero-order chi connectivity index (χ0) is 24.6. The largest absolute Gasteiger partial charge is 1.00 e. The second-order valence-corrected chi connectivity index (χ2v) is 8.77. The Hall–Kier alpha value is -3.62. The van der Waals surface area contributed by atoms with E-state index in [1.54, 1.807) is 0 Å². The monoisotopic (exact) mass is 507 g/mol. The lowest BCUT2D eigenvalue weighted by Gasteiger charge is -2.24. The Morgan fingerprint density at radius 3 is 1.94 bits per heavy atom. The molecule has 0 bridgehead atoms. The van der Waals surface area contributed by atoms with Gasteiger partial charge in [-0.05, 0) is 35.4 Å². The summed E-state index contributed by atoms with van der Waals surface area (Å²) in [4.78, 5) is 6.41. The van der Waals surface area contributed by atoms with Crippen LogP contribution in [0.5, 0.6) is 0 Å². The molecule has 0 saturated carbocycles. The van der Waals surface area contributed by atoms with Gasteiger partial charge < -0.3 is 31.8 Å². The molecule has 1 aliphatic rings. The van der Waals surface area contributed by atoms with E-state index in [4.69, 9.17) is 14.9 Å². The quantitative estimate of drug-likeness (QED) is 0.318. The number of rotatable bonds is 8. The van der Waals surface area contributed by atoms with Gasteiger partial charge in [0, 0.05) is 64.9 Å². The second-order valence-electron chi connectivity index (χ2n) is 8.77. The first-order chi connectivity index (χ1) is 17.0. The number of anilines is 2. The van der Waals surface area contributed by atoms with Crippen molar-refractivity contribution in [2.45, 2.75) is 0 Å². The summed E-state index contributed by atoms with van der Waals surface area (Å²) in [6.45, 7) is 3.24. The maximum Gasteiger partial charge on any atom is 0.334 e. The van der Waals surface area contributed by atoms with Crippen LogP contribution in [0.3, 0.4) is 0 Å². The third kappa shape index (κ3) is 7.19. The number of hydrogen-bond acceptors (Lipinski definition) is 6. The molecule has 0 spiro atoms. The molecule has 0 N–H and O–H groups in total. The maximum absolute atomic E-state index is 5.47. The number of hydrogen-bond donors (Lipinski definition) is 0. The van der Waals surface area contributed by atoms with E-state index in [0.717, 1.165) is 54.6 Å². The Labute approximate surface area is 219 Å². The van der Waals surface area contributed by atoms with Crippen molar-refractivity contribution < 1.29 is 21.8 Å². The molecular weight excluding hydrogens is 474 g/mol. The molecule has 1 fully saturated rings. The van der Waals surface area contributed by atoms with E-state index >= 15 is 0 Å². The van der Waals surface area contributed by atoms with Crippen LogP contribution >= 0.6 is 0 Å². The van der Waals surface area contributed by atoms with Gasteiger partial charge in [0.05, 0.1) is 25.6 Å². The van der Waals surface area contributed by atoms with Crippen LogP contribution in [-0.2, 0) is 4.74 Å². The second kappa shape index (κ2) is 12.9. The van der Waals surface area contributed by atoms with Crippen LogP contribution in [0.1, 0.15) is 17.0 Å². The van der Waals surface area contributed by atoms with E-state index in [1.807, 2.05) is 68.4 Å². The number of imidazole rings is 1. The molecule has 9 heteroatoms. The normalized spacial score (nSPS) is 14.1. The SMILES string of the molecule is CN(C)c1ccc(C=Nn2cc[n+](N=Cc3ccc(N(C)C)cc3)c2C=CN2CCOCC2)cc1.[Cl-]. The average molecular weight is 508 g/mol. The Kier molecular flexibility index (Phi) is 9.67. The van der Waals surface area contributed by atoms with Crippen molar-refractivity contribution in [1.29, 1.82) is 0 Å². The number of halogens is 1. The molecule has 0 atom stereocenters. The third-order valence-corrected chi connectivity index (χ3v) is 5.78. The summed E-state index contributed by atoms with van der Waals surface area (Å²) < 4.78 is 9.14. The molecule has 0 radical (unpaired) electrons. The number of nitrogens with zero attached hydrogens (tertiary/aromatic N) is 7. The summed E-state index contributed by atoms with van der Waals surface area (Å²) in [7, 11) is 8.13. The molecule has 3 aromatic rings. The molecule has 4 rings (SSSR count). The van der Waals surface area contributed by atoms with Crippen LogP contribution in [0.4, 0.5) is 11.4 Å². The first kappa shape index (κ1) is 27.0. The van der Waals surface area contributed by atoms with Crippen LogP contribution in [-0.4, -0.2) is 76.5 Å². The smallest absolute Gasteiger partial charge is 0.334 e. The Morgan fingerprint density at radius 1 is 0.833 bits per heavy atom. The predicted octanol–water partition coefficient (Wildman–Crippen LogP) is -0.0211. The van der Waals surface area contributed by atoms with Gasteiger partial charge in [-0.1, -0.05) is 43.8 Å². The van der Waals surface area contributed by atoms with Crippen molar-refractivity contribution in [1.82, 2.24) is 9.58 Å². The summed E-state index contributed by atoms with van der Waals surface area (Å²) in [6, 6.07) is 16.6. The lowest BCUT2D eigenvalue weighted by molar-refractivity contribution is -0.679. The van der Waals surface area contributed by atoms with Crippen LogP contribution in [0, 0.1) is 0 Å². The predicted molar refractivity (Wildman–Crippen MR) is 144 cm³/mol. The Morgan fingerprint density at radius 2 is 1.39 bits per heavy atom. The third-order valence-electron chi connectivity index (χ3n) is 5.78. The molecule has 0 amide bonds. The average Bonchev–Trinajstić information content (AvgIpc) is 3.27. The van der Waals surface area contributed by atoms with Gasteiger partial charge in [-0.3, -0.25) is 0 Å². The molecule has 0 aliphatic carbocycles. The zero-order valence-corrected chi connectivity index (χ0v) is 22.1. The maximum atomic E-state index is 5.47. The fourth-order valence-corrected chi connectivity index (χ4v) is 3.61. The van der Waals surface area contributed by atoms with Gasteiger partial charge in [0.2, 0.25) is 0 Å². The van der Waals surface area contributed by atoms with E-state index in [1.165, 1.54) is 0 Å². The number of aromatic nitrogens is 2. The van der Waals surface area contributed by atoms with Gasteiger partial charge in [-0.15, -0.1) is 0 Å². The first-order valence-corrected chi connectivity index (χ1v) is 11.8. The summed E-state index contributed by atoms with van der Waals surface area (Å²) in [5.74, 6) is 0.846. The highest BCUT2D eigenvalue weighted by Gasteiger charge is 2.15. The summed E-state index contributed by atoms with van der Waals surface area (Å²) in [5, 5.41) is 9.41. The Balaban J connectivity index is 0.00000361. The van der Waals surface area contributed by atoms with Crippen molar-refractivity contribution in [3.8, 4) is 0 Å². The molecule has 8 nitrogen and oxygen atoms in total. The van der Waals surface area contributed by atoms with Crippen LogP contribution in [0.2, 0.25) is 0 Å². The van der Waals surface area contributed by atoms with Crippen molar-refractivity contribution in [3.63, 3.8) is 0 Å². The lowest BCUT2D eigenvalue weighted by atomic mass is 10.2. The van der Waals surface area contributed by atoms with Crippen molar-refractivity contribution in [2.24, 2.45) is 10.2 Å². The van der Waals surface area contributed by atoms with Crippen LogP contribution in [0.15, 0.2) is 77.3 Å². The molecule has 190 valence electrons. The fourth-order valence-electron chi connectivity index (χ4n) is 3.61. The lowest BCUT2D eigenvalue weighted by Crippen LogP contribution is -3.00. The Bertz CT molecular complexity index is 1100. The molecule has 2 aromatic carbocycles. The van der Waals surface area contributed by atoms with Crippen molar-refractivity contribution in [3.05, 3.63) is 84.1 Å². The topological polar surface area (TPSA) is 52.5 Å². The van der Waals surface area contributed by atoms with Gasteiger partial charge in [-0.25, -0.2) is 0 Å². The molecular formula is C27H34ClN7O. The highest BCUT2D eigenvalue weighted by molar-refractivity contribution is 5.80. The standard InChI is InChI=1S/C27H34N7O.ClH/c1-30(2)25-9-5-23(6-10-25)21-28-33-15-16-34(27(33)13-14-32-17-19-35-20-18-32)29-22-24-7-11-26(12-8-24)31(3)4;/h5-16,21-22H,17-20H2,1-4H3;1H/q+1;/p-1. The fraction of sp³-hybridized carbons (Fsp3) is 0.296. The summed E-state index contributed by atoms with van der Waals surface area (Å²) in [5.41, 5.74) is 4.37. The van der Waals surface area contributed by atoms with E-state index in [2.05, 4.69) is 69.4 Å². The van der Waals surface area contributed by atoms with Crippen molar-refractivity contribution in [2.75, 3.05) is 64.3 Å². The van der Waals surface area contributed by atoms with E-state index in [9.17, 15) is 0 Å². The van der Waals surface area contributed by atoms with Gasteiger partial charge >= 0.3 is 5.82 Å². The summed E-state index contributed by atoms with van der Waals surface area (Å²) >= 11 is 0. The molecule has 1 aromatic heterocycles. The van der Waals surface area contributed by atoms with Crippen molar-refractivity contribution >= 4 is 29.9 Å². The summed E-state index contributed by atoms with van der Waals surface area (Å²) in [6.07, 6.45) is 11.7. The van der Waals surface area contributed by atoms with E-state index in [0.29, 0.717) is 0 Å². The molecule has 1 saturated heterocycles. The minimum absolute atomic E-state index is 0. The van der Waals surface area contributed by atoms with E-state index < -0.39 is 0 Å². The molecule has 0 unspecified atom stereocenters. The molecule has 2 heterocycles. The first-order valence-electron chi connectivity index (χ1n) is 11.8. The number of benzene rings is 2. The highest BCUT2D eigenvalue weighted by Crippen LogP contribution is 2.12. The van der Waals surface area contributed by atoms with Crippen LogP contribution in [0.25, 0.3) is 6.08 Å². The molecule has 36 heavy (non-hydrogen) atoms. The highest BCUT2D eigenvalue weighted by atomic mass is 35.5. The zero-order valence-electron chi connectivity index (χ0n) is 21.3. The van der Waals surface area contributed by atoms with Crippen LogP contribution < -0.4 is 26.9 Å². The minimum atomic E-state index is 0. The molecule has 1 aliphatic heterocycles. The van der Waals surface area contributed by atoms with Gasteiger partial charge in [0.25, 0.3) is 0 Å². The van der Waals surface area contributed by atoms with Gasteiger partial charge in [0.1, 0.15) is 0 Å². The van der Waals surface area contributed by atoms with Gasteiger partial charge in [0.15, 0.2) is 12.4 Å². The minimum Gasteiger partial charge on any atom is -1.00 e. The number of morpholine rings is 1. The number of ether oxygens (including phenoxy) is 1. The van der Waals surface area contributed by atoms with E-state index in [-0.39, 0.29) is 12.4 Å². The van der Waals surface area contributed by atoms with Gasteiger partial charge in [-0.2, -0.15) is 0 Å².